The van der Waals surface area contributed by atoms with Crippen LogP contribution in [-0.4, -0.2) is 0 Å². The van der Waals surface area contributed by atoms with Crippen LogP contribution in [0.1, 0.15) is 27.3 Å². The highest BCUT2D eigenvalue weighted by molar-refractivity contribution is 9.09. The van der Waals surface area contributed by atoms with E-state index in [1.165, 1.54) is 11.1 Å². The first-order valence-electron chi connectivity index (χ1n) is 5.33. The summed E-state index contributed by atoms with van der Waals surface area (Å²) in [5.74, 6) is 0.814. The van der Waals surface area contributed by atoms with E-state index >= 15 is 0 Å². The van der Waals surface area contributed by atoms with Crippen molar-refractivity contribution in [3.63, 3.8) is 0 Å². The maximum atomic E-state index is 5.78. The molecule has 17 heavy (non-hydrogen) atoms. The van der Waals surface area contributed by atoms with Crippen LogP contribution in [0.5, 0.6) is 0 Å². The molecule has 0 radical (unpaired) electrons. The number of furan rings is 1. The molecule has 0 saturated heterocycles. The van der Waals surface area contributed by atoms with Crippen LogP contribution >= 0.6 is 27.5 Å². The first-order valence-corrected chi connectivity index (χ1v) is 6.62. The first-order chi connectivity index (χ1) is 8.24. The normalized spacial score (nSPS) is 15.9. The summed E-state index contributed by atoms with van der Waals surface area (Å²) in [6.07, 6.45) is 0. The summed E-state index contributed by atoms with van der Waals surface area (Å²) < 4.78 is 10.8. The summed E-state index contributed by atoms with van der Waals surface area (Å²) in [5, 5.41) is 0.411. The molecule has 0 aliphatic carbocycles. The van der Waals surface area contributed by atoms with E-state index in [1.54, 1.807) is 6.07 Å². The van der Waals surface area contributed by atoms with Gasteiger partial charge in [-0.05, 0) is 40.4 Å². The molecular weight excluding hydrogens is 303 g/mol. The van der Waals surface area contributed by atoms with Gasteiger partial charge in [-0.25, -0.2) is 0 Å². The van der Waals surface area contributed by atoms with Crippen LogP contribution in [0.2, 0.25) is 5.22 Å². The van der Waals surface area contributed by atoms with Crippen molar-refractivity contribution < 1.29 is 9.15 Å². The molecule has 1 atom stereocenters. The molecule has 2 heterocycles. The van der Waals surface area contributed by atoms with E-state index in [-0.39, 0.29) is 4.83 Å². The molecule has 4 heteroatoms. The smallest absolute Gasteiger partial charge is 0.193 e. The molecule has 88 valence electrons. The fraction of sp³-hybridized carbons (Fsp3) is 0.231. The van der Waals surface area contributed by atoms with Crippen LogP contribution < -0.4 is 0 Å². The average Bonchev–Trinajstić information content (AvgIpc) is 2.95. The van der Waals surface area contributed by atoms with Gasteiger partial charge in [0.25, 0.3) is 0 Å². The number of hydrogen-bond acceptors (Lipinski definition) is 2. The zero-order valence-corrected chi connectivity index (χ0v) is 11.3. The van der Waals surface area contributed by atoms with Crippen molar-refractivity contribution in [2.24, 2.45) is 0 Å². The topological polar surface area (TPSA) is 22.4 Å². The monoisotopic (exact) mass is 312 g/mol. The molecule has 2 nitrogen and oxygen atoms in total. The lowest BCUT2D eigenvalue weighted by molar-refractivity contribution is 0.134. The molecule has 1 unspecified atom stereocenters. The van der Waals surface area contributed by atoms with Gasteiger partial charge >= 0.3 is 0 Å². The number of halogens is 2. The standard InChI is InChI=1S/C13H10BrClO2/c14-13(11-3-4-12(15)17-11)8-1-2-9-6-16-7-10(9)5-8/h1-5,13H,6-7H2. The molecule has 2 aromatic rings. The minimum atomic E-state index is 0.0286. The molecule has 0 fully saturated rings. The molecule has 0 spiro atoms. The predicted molar refractivity (Wildman–Crippen MR) is 69.4 cm³/mol. The van der Waals surface area contributed by atoms with Crippen LogP contribution in [0.3, 0.4) is 0 Å². The van der Waals surface area contributed by atoms with Gasteiger partial charge < -0.3 is 9.15 Å². The molecule has 1 aliphatic heterocycles. The summed E-state index contributed by atoms with van der Waals surface area (Å²) >= 11 is 9.40. The van der Waals surface area contributed by atoms with Gasteiger partial charge in [0.2, 0.25) is 0 Å². The number of benzene rings is 1. The van der Waals surface area contributed by atoms with Gasteiger partial charge in [0, 0.05) is 0 Å². The minimum absolute atomic E-state index is 0.0286. The van der Waals surface area contributed by atoms with Crippen molar-refractivity contribution in [1.82, 2.24) is 0 Å². The van der Waals surface area contributed by atoms with Crippen molar-refractivity contribution in [2.75, 3.05) is 0 Å². The molecular formula is C13H10BrClO2. The van der Waals surface area contributed by atoms with E-state index in [1.807, 2.05) is 6.07 Å². The molecule has 1 aromatic carbocycles. The number of fused-ring (bicyclic) bond motifs is 1. The highest BCUT2D eigenvalue weighted by atomic mass is 79.9. The van der Waals surface area contributed by atoms with Gasteiger partial charge in [0.1, 0.15) is 5.76 Å². The molecule has 0 amide bonds. The van der Waals surface area contributed by atoms with Crippen molar-refractivity contribution >= 4 is 27.5 Å². The maximum Gasteiger partial charge on any atom is 0.193 e. The van der Waals surface area contributed by atoms with Gasteiger partial charge in [-0.3, -0.25) is 0 Å². The van der Waals surface area contributed by atoms with Crippen molar-refractivity contribution in [1.29, 1.82) is 0 Å². The van der Waals surface area contributed by atoms with Crippen molar-refractivity contribution in [2.45, 2.75) is 18.0 Å². The fourth-order valence-electron chi connectivity index (χ4n) is 1.98. The number of ether oxygens (including phenoxy) is 1. The Labute approximate surface area is 113 Å². The second-order valence-electron chi connectivity index (χ2n) is 4.03. The molecule has 0 bridgehead atoms. The zero-order chi connectivity index (χ0) is 11.8. The van der Waals surface area contributed by atoms with Gasteiger partial charge in [0.05, 0.1) is 18.0 Å². The average molecular weight is 314 g/mol. The Kier molecular flexibility index (Phi) is 2.99. The molecule has 0 saturated carbocycles. The van der Waals surface area contributed by atoms with Gasteiger partial charge in [-0.1, -0.05) is 34.1 Å². The second-order valence-corrected chi connectivity index (χ2v) is 5.31. The van der Waals surface area contributed by atoms with E-state index in [0.29, 0.717) is 11.8 Å². The summed E-state index contributed by atoms with van der Waals surface area (Å²) in [5.41, 5.74) is 3.68. The van der Waals surface area contributed by atoms with E-state index in [2.05, 4.69) is 34.1 Å². The number of alkyl halides is 1. The van der Waals surface area contributed by atoms with Crippen LogP contribution in [0.25, 0.3) is 0 Å². The molecule has 3 rings (SSSR count). The van der Waals surface area contributed by atoms with Crippen molar-refractivity contribution in [3.05, 3.63) is 58.0 Å². The largest absolute Gasteiger partial charge is 0.448 e. The summed E-state index contributed by atoms with van der Waals surface area (Å²) in [4.78, 5) is 0.0286. The SMILES string of the molecule is Clc1ccc(C(Br)c2ccc3c(c2)COC3)o1. The van der Waals surface area contributed by atoms with Gasteiger partial charge in [-0.15, -0.1) is 0 Å². The van der Waals surface area contributed by atoms with E-state index < -0.39 is 0 Å². The van der Waals surface area contributed by atoms with Crippen LogP contribution in [-0.2, 0) is 18.0 Å². The Hall–Kier alpha value is -0.770. The lowest BCUT2D eigenvalue weighted by Crippen LogP contribution is -1.93. The highest BCUT2D eigenvalue weighted by Gasteiger charge is 2.18. The lowest BCUT2D eigenvalue weighted by atomic mass is 10.0. The van der Waals surface area contributed by atoms with E-state index in [4.69, 9.17) is 20.8 Å². The van der Waals surface area contributed by atoms with E-state index in [9.17, 15) is 0 Å². The third kappa shape index (κ3) is 2.15. The quantitative estimate of drug-likeness (QED) is 0.764. The second kappa shape index (κ2) is 4.48. The minimum Gasteiger partial charge on any atom is -0.448 e. The van der Waals surface area contributed by atoms with Crippen LogP contribution in [0.15, 0.2) is 34.7 Å². The van der Waals surface area contributed by atoms with Crippen LogP contribution in [0.4, 0.5) is 0 Å². The Bertz CT molecular complexity index is 550. The third-order valence-corrected chi connectivity index (χ3v) is 4.06. The lowest BCUT2D eigenvalue weighted by Gasteiger charge is -2.08. The third-order valence-electron chi connectivity index (χ3n) is 2.88. The Balaban J connectivity index is 1.94. The zero-order valence-electron chi connectivity index (χ0n) is 8.95. The highest BCUT2D eigenvalue weighted by Crippen LogP contribution is 2.35. The Morgan fingerprint density at radius 3 is 2.71 bits per heavy atom. The number of hydrogen-bond donors (Lipinski definition) is 0. The Morgan fingerprint density at radius 1 is 1.12 bits per heavy atom. The number of rotatable bonds is 2. The Morgan fingerprint density at radius 2 is 1.94 bits per heavy atom. The van der Waals surface area contributed by atoms with E-state index in [0.717, 1.165) is 17.9 Å². The maximum absolute atomic E-state index is 5.78. The van der Waals surface area contributed by atoms with Gasteiger partial charge in [0.15, 0.2) is 5.22 Å². The summed E-state index contributed by atoms with van der Waals surface area (Å²) in [7, 11) is 0. The summed E-state index contributed by atoms with van der Waals surface area (Å²) in [6.45, 7) is 1.41. The molecule has 1 aromatic heterocycles. The summed E-state index contributed by atoms with van der Waals surface area (Å²) in [6, 6.07) is 9.98. The molecule has 0 N–H and O–H groups in total. The first kappa shape index (κ1) is 11.3. The molecule has 1 aliphatic rings. The van der Waals surface area contributed by atoms with Gasteiger partial charge in [-0.2, -0.15) is 0 Å². The van der Waals surface area contributed by atoms with Crippen molar-refractivity contribution in [3.8, 4) is 0 Å². The predicted octanol–water partition coefficient (Wildman–Crippen LogP) is 4.45. The van der Waals surface area contributed by atoms with Crippen LogP contribution in [0, 0.1) is 0 Å². The fourth-order valence-corrected chi connectivity index (χ4v) is 2.66.